The van der Waals surface area contributed by atoms with Crippen LogP contribution in [0.5, 0.6) is 5.75 Å². The zero-order valence-corrected chi connectivity index (χ0v) is 22.9. The van der Waals surface area contributed by atoms with E-state index in [1.165, 1.54) is 11.1 Å². The normalized spacial score (nSPS) is 30.8. The van der Waals surface area contributed by atoms with E-state index < -0.39 is 14.9 Å². The third-order valence-electron chi connectivity index (χ3n) is 7.86. The van der Waals surface area contributed by atoms with Gasteiger partial charge in [-0.05, 0) is 61.5 Å². The number of aliphatic imine (C=N–C) groups is 1. The molecule has 5 nitrogen and oxygen atoms in total. The lowest BCUT2D eigenvalue weighted by atomic mass is 9.78. The van der Waals surface area contributed by atoms with Gasteiger partial charge >= 0.3 is 0 Å². The molecule has 4 atom stereocenters. The van der Waals surface area contributed by atoms with Gasteiger partial charge in [-0.3, -0.25) is 4.99 Å². The Labute approximate surface area is 204 Å². The molecule has 0 radical (unpaired) electrons. The molecule has 1 spiro atoms. The zero-order chi connectivity index (χ0) is 24.2. The predicted molar refractivity (Wildman–Crippen MR) is 139 cm³/mol. The molecule has 33 heavy (non-hydrogen) atoms. The molecular weight excluding hydrogens is 452 g/mol. The van der Waals surface area contributed by atoms with E-state index >= 15 is 0 Å². The van der Waals surface area contributed by atoms with Crippen LogP contribution in [0.25, 0.3) is 0 Å². The number of rotatable bonds is 7. The van der Waals surface area contributed by atoms with Crippen molar-refractivity contribution in [1.29, 1.82) is 0 Å². The molecule has 7 heteroatoms. The van der Waals surface area contributed by atoms with Crippen molar-refractivity contribution in [3.8, 4) is 5.75 Å². The molecule has 2 aliphatic heterocycles. The Morgan fingerprint density at radius 3 is 2.64 bits per heavy atom. The fourth-order valence-corrected chi connectivity index (χ4v) is 9.03. The van der Waals surface area contributed by atoms with Crippen LogP contribution in [0.1, 0.15) is 91.7 Å². The third kappa shape index (κ3) is 4.50. The van der Waals surface area contributed by atoms with Gasteiger partial charge in [-0.2, -0.15) is 4.31 Å². The minimum atomic E-state index is -3.17. The van der Waals surface area contributed by atoms with Gasteiger partial charge in [0.25, 0.3) is 0 Å². The smallest absolute Gasteiger partial charge is 0.235 e. The second-order valence-corrected chi connectivity index (χ2v) is 15.1. The van der Waals surface area contributed by atoms with Gasteiger partial charge in [0.05, 0.1) is 17.7 Å². The van der Waals surface area contributed by atoms with Crippen molar-refractivity contribution in [2.75, 3.05) is 13.2 Å². The summed E-state index contributed by atoms with van der Waals surface area (Å²) in [6, 6.07) is 6.86. The molecule has 0 N–H and O–H groups in total. The van der Waals surface area contributed by atoms with Gasteiger partial charge in [-0.25, -0.2) is 8.42 Å². The Hall–Kier alpha value is -1.05. The molecule has 0 bridgehead atoms. The summed E-state index contributed by atoms with van der Waals surface area (Å²) < 4.78 is 33.8. The van der Waals surface area contributed by atoms with Gasteiger partial charge in [0, 0.05) is 17.4 Å². The summed E-state index contributed by atoms with van der Waals surface area (Å²) in [4.78, 5) is 4.04. The first-order chi connectivity index (χ1) is 15.3. The minimum Gasteiger partial charge on any atom is -0.493 e. The lowest BCUT2D eigenvalue weighted by Gasteiger charge is -2.29. The van der Waals surface area contributed by atoms with E-state index in [-0.39, 0.29) is 10.8 Å². The van der Waals surface area contributed by atoms with Crippen molar-refractivity contribution in [2.45, 2.75) is 108 Å². The summed E-state index contributed by atoms with van der Waals surface area (Å²) in [6.07, 6.45) is 4.00. The van der Waals surface area contributed by atoms with E-state index in [0.717, 1.165) is 23.6 Å². The average Bonchev–Trinajstić information content (AvgIpc) is 2.98. The van der Waals surface area contributed by atoms with Crippen molar-refractivity contribution >= 4 is 26.8 Å². The largest absolute Gasteiger partial charge is 0.493 e. The van der Waals surface area contributed by atoms with Crippen LogP contribution < -0.4 is 4.74 Å². The van der Waals surface area contributed by atoms with Crippen molar-refractivity contribution in [3.05, 3.63) is 29.3 Å². The molecule has 1 saturated carbocycles. The Bertz CT molecular complexity index is 1040. The molecule has 4 rings (SSSR count). The monoisotopic (exact) mass is 492 g/mol. The maximum absolute atomic E-state index is 12.9. The highest BCUT2D eigenvalue weighted by atomic mass is 32.2. The van der Waals surface area contributed by atoms with E-state index in [4.69, 9.17) is 4.74 Å². The van der Waals surface area contributed by atoms with E-state index in [9.17, 15) is 8.42 Å². The van der Waals surface area contributed by atoms with Gasteiger partial charge < -0.3 is 4.74 Å². The Morgan fingerprint density at radius 1 is 1.24 bits per heavy atom. The van der Waals surface area contributed by atoms with E-state index in [0.29, 0.717) is 43.7 Å². The molecule has 0 amide bonds. The van der Waals surface area contributed by atoms with Crippen LogP contribution in [-0.2, 0) is 20.9 Å². The molecule has 1 aromatic carbocycles. The van der Waals surface area contributed by atoms with Crippen LogP contribution in [0.3, 0.4) is 0 Å². The summed E-state index contributed by atoms with van der Waals surface area (Å²) in [7, 11) is -3.17. The number of sulfonamides is 1. The first-order valence-corrected chi connectivity index (χ1v) is 14.6. The SMILES string of the molecule is CCC(C)(C)c1cc(C(C)(C)C)ccc1OCCCN1C2(CCC3N=C(C)SC3C2)S1(=O)=O. The van der Waals surface area contributed by atoms with E-state index in [2.05, 4.69) is 64.7 Å². The quantitative estimate of drug-likeness (QED) is 0.353. The van der Waals surface area contributed by atoms with Gasteiger partial charge in [0.1, 0.15) is 5.75 Å². The van der Waals surface area contributed by atoms with E-state index in [1.54, 1.807) is 16.1 Å². The predicted octanol–water partition coefficient (Wildman–Crippen LogP) is 5.87. The Morgan fingerprint density at radius 2 is 1.97 bits per heavy atom. The van der Waals surface area contributed by atoms with Gasteiger partial charge in [-0.1, -0.05) is 53.7 Å². The van der Waals surface area contributed by atoms with Crippen LogP contribution >= 0.6 is 11.8 Å². The highest BCUT2D eigenvalue weighted by Gasteiger charge is 2.71. The summed E-state index contributed by atoms with van der Waals surface area (Å²) in [5.74, 6) is 0.925. The highest BCUT2D eigenvalue weighted by Crippen LogP contribution is 2.56. The molecule has 0 aromatic heterocycles. The molecule has 1 saturated heterocycles. The number of fused-ring (bicyclic) bond motifs is 1. The van der Waals surface area contributed by atoms with Crippen molar-refractivity contribution < 1.29 is 13.2 Å². The van der Waals surface area contributed by atoms with Crippen LogP contribution in [0.15, 0.2) is 23.2 Å². The molecule has 1 aliphatic carbocycles. The zero-order valence-electron chi connectivity index (χ0n) is 21.3. The summed E-state index contributed by atoms with van der Waals surface area (Å²) in [6.45, 7) is 16.5. The summed E-state index contributed by atoms with van der Waals surface area (Å²) in [5.41, 5.74) is 2.64. The van der Waals surface area contributed by atoms with E-state index in [1.807, 2.05) is 6.92 Å². The minimum absolute atomic E-state index is 0.0156. The molecule has 2 fully saturated rings. The fraction of sp³-hybridized carbons (Fsp3) is 0.731. The average molecular weight is 493 g/mol. The van der Waals surface area contributed by atoms with Crippen LogP contribution in [0.4, 0.5) is 0 Å². The molecule has 3 aliphatic rings. The second kappa shape index (κ2) is 8.56. The first kappa shape index (κ1) is 25.1. The van der Waals surface area contributed by atoms with Crippen molar-refractivity contribution in [2.24, 2.45) is 4.99 Å². The molecule has 2 heterocycles. The number of thioether (sulfide) groups is 1. The van der Waals surface area contributed by atoms with Crippen LogP contribution in [0.2, 0.25) is 0 Å². The van der Waals surface area contributed by atoms with Crippen molar-refractivity contribution in [3.63, 3.8) is 0 Å². The number of hydrogen-bond donors (Lipinski definition) is 0. The maximum atomic E-state index is 12.9. The fourth-order valence-electron chi connectivity index (χ4n) is 5.25. The van der Waals surface area contributed by atoms with Crippen molar-refractivity contribution in [1.82, 2.24) is 4.31 Å². The number of ether oxygens (including phenoxy) is 1. The topological polar surface area (TPSA) is 58.7 Å². The molecule has 4 unspecified atom stereocenters. The molecule has 184 valence electrons. The summed E-state index contributed by atoms with van der Waals surface area (Å²) >= 11 is 1.76. The van der Waals surface area contributed by atoms with Gasteiger partial charge in [0.2, 0.25) is 10.0 Å². The first-order valence-electron chi connectivity index (χ1n) is 12.3. The third-order valence-corrected chi connectivity index (χ3v) is 11.6. The Kier molecular flexibility index (Phi) is 6.50. The Balaban J connectivity index is 1.39. The second-order valence-electron chi connectivity index (χ2n) is 11.5. The van der Waals surface area contributed by atoms with Gasteiger partial charge in [-0.15, -0.1) is 11.8 Å². The number of hydrogen-bond acceptors (Lipinski definition) is 5. The lowest BCUT2D eigenvalue weighted by molar-refractivity contribution is 0.260. The maximum Gasteiger partial charge on any atom is 0.235 e. The standard InChI is InChI=1S/C26H40N2O3S2/c1-8-25(6,7)20-16-19(24(3,4)5)10-11-22(20)31-15-9-14-28-26(33(28,29)30)13-12-21-23(17-26)32-18(2)27-21/h10-11,16,21,23H,8-9,12-15,17H2,1-7H3. The molecular formula is C26H40N2O3S2. The lowest BCUT2D eigenvalue weighted by Crippen LogP contribution is -2.36. The van der Waals surface area contributed by atoms with Gasteiger partial charge in [0.15, 0.2) is 4.87 Å². The summed E-state index contributed by atoms with van der Waals surface area (Å²) in [5, 5.41) is 1.42. The number of benzene rings is 1. The highest BCUT2D eigenvalue weighted by molar-refractivity contribution is 8.14. The van der Waals surface area contributed by atoms with Crippen LogP contribution in [0, 0.1) is 0 Å². The molecule has 1 aromatic rings. The van der Waals surface area contributed by atoms with Crippen LogP contribution in [-0.4, -0.2) is 47.1 Å². The number of nitrogens with zero attached hydrogens (tertiary/aromatic N) is 2.